The van der Waals surface area contributed by atoms with Gasteiger partial charge in [0.05, 0.1) is 10.2 Å². The molecule has 25 heavy (non-hydrogen) atoms. The molecule has 1 aliphatic rings. The van der Waals surface area contributed by atoms with Crippen molar-refractivity contribution in [3.63, 3.8) is 0 Å². The minimum absolute atomic E-state index is 0.231. The van der Waals surface area contributed by atoms with Crippen LogP contribution in [0.15, 0.2) is 47.5 Å². The lowest BCUT2D eigenvalue weighted by Crippen LogP contribution is -2.18. The molecule has 128 valence electrons. The Morgan fingerprint density at radius 2 is 2.00 bits per heavy atom. The van der Waals surface area contributed by atoms with Crippen LogP contribution in [0.5, 0.6) is 11.5 Å². The first-order chi connectivity index (χ1) is 12.3. The van der Waals surface area contributed by atoms with E-state index in [4.69, 9.17) is 9.47 Å². The molecule has 7 heteroatoms. The lowest BCUT2D eigenvalue weighted by molar-refractivity contribution is 0.0998. The second kappa shape index (κ2) is 6.93. The molecule has 0 bridgehead atoms. The quantitative estimate of drug-likeness (QED) is 0.703. The maximum atomic E-state index is 12.5. The average molecular weight is 372 g/mol. The minimum atomic E-state index is -0.231. The molecule has 0 saturated heterocycles. The van der Waals surface area contributed by atoms with Crippen molar-refractivity contribution in [1.82, 2.24) is 4.57 Å². The molecule has 0 saturated carbocycles. The summed E-state index contributed by atoms with van der Waals surface area (Å²) in [6.45, 7) is 1.03. The molecule has 4 rings (SSSR count). The third-order valence-corrected chi connectivity index (χ3v) is 5.55. The Kier molecular flexibility index (Phi) is 4.50. The highest BCUT2D eigenvalue weighted by Crippen LogP contribution is 2.37. The number of aromatic nitrogens is 1. The summed E-state index contributed by atoms with van der Waals surface area (Å²) in [6.07, 6.45) is 2.07. The molecule has 0 radical (unpaired) electrons. The summed E-state index contributed by atoms with van der Waals surface area (Å²) in [5, 5.41) is 0. The highest BCUT2D eigenvalue weighted by atomic mass is 32.2. The van der Waals surface area contributed by atoms with E-state index >= 15 is 0 Å². The van der Waals surface area contributed by atoms with Gasteiger partial charge in [0.15, 0.2) is 16.3 Å². The number of thioether (sulfide) groups is 1. The molecule has 0 N–H and O–H groups in total. The number of rotatable bonds is 4. The summed E-state index contributed by atoms with van der Waals surface area (Å²) in [6, 6.07) is 13.1. The Balaban J connectivity index is 1.84. The molecule has 3 aromatic rings. The molecule has 0 fully saturated rings. The van der Waals surface area contributed by atoms with Gasteiger partial charge >= 0.3 is 0 Å². The molecular weight excluding hydrogens is 356 g/mol. The van der Waals surface area contributed by atoms with Gasteiger partial charge in [0, 0.05) is 30.0 Å². The number of ether oxygens (including phenoxy) is 2. The molecule has 5 nitrogen and oxygen atoms in total. The van der Waals surface area contributed by atoms with E-state index < -0.39 is 0 Å². The number of nitrogens with zero attached hydrogens (tertiary/aromatic N) is 2. The largest absolute Gasteiger partial charge is 0.454 e. The van der Waals surface area contributed by atoms with Crippen LogP contribution in [0.3, 0.4) is 0 Å². The van der Waals surface area contributed by atoms with Gasteiger partial charge in [-0.15, -0.1) is 0 Å². The summed E-state index contributed by atoms with van der Waals surface area (Å²) in [5.41, 5.74) is 1.61. The van der Waals surface area contributed by atoms with E-state index in [1.807, 2.05) is 30.3 Å². The van der Waals surface area contributed by atoms with E-state index in [1.165, 1.54) is 11.3 Å². The molecule has 0 unspecified atom stereocenters. The minimum Gasteiger partial charge on any atom is -0.454 e. The smallest absolute Gasteiger partial charge is 0.279 e. The molecule has 1 aromatic heterocycles. The average Bonchev–Trinajstić information content (AvgIpc) is 3.22. The number of carbonyl (C=O) groups is 1. The van der Waals surface area contributed by atoms with Crippen LogP contribution in [0.2, 0.25) is 0 Å². The SMILES string of the molecule is CSCCn1c(=NC(=O)c2ccccc2)sc2cc3c(cc21)OCO3. The molecular formula is C18H16N2O3S2. The van der Waals surface area contributed by atoms with Crippen molar-refractivity contribution in [3.05, 3.63) is 52.8 Å². The fraction of sp³-hybridized carbons (Fsp3) is 0.222. The van der Waals surface area contributed by atoms with Crippen LogP contribution in [-0.4, -0.2) is 29.3 Å². The van der Waals surface area contributed by atoms with Gasteiger partial charge in [-0.3, -0.25) is 4.79 Å². The lowest BCUT2D eigenvalue weighted by Gasteiger charge is -2.04. The zero-order valence-electron chi connectivity index (χ0n) is 13.6. The van der Waals surface area contributed by atoms with Crippen LogP contribution >= 0.6 is 23.1 Å². The summed E-state index contributed by atoms with van der Waals surface area (Å²) >= 11 is 3.25. The van der Waals surface area contributed by atoms with Crippen molar-refractivity contribution in [2.45, 2.75) is 6.54 Å². The second-order valence-corrected chi connectivity index (χ2v) is 7.48. The Labute approximate surface area is 152 Å². The highest BCUT2D eigenvalue weighted by molar-refractivity contribution is 7.98. The molecule has 1 aliphatic heterocycles. The number of benzene rings is 2. The van der Waals surface area contributed by atoms with Gasteiger partial charge in [-0.2, -0.15) is 16.8 Å². The lowest BCUT2D eigenvalue weighted by atomic mass is 10.2. The Morgan fingerprint density at radius 3 is 2.76 bits per heavy atom. The maximum Gasteiger partial charge on any atom is 0.279 e. The first kappa shape index (κ1) is 16.2. The zero-order valence-corrected chi connectivity index (χ0v) is 15.2. The molecule has 0 spiro atoms. The summed E-state index contributed by atoms with van der Waals surface area (Å²) in [5.74, 6) is 2.19. The summed E-state index contributed by atoms with van der Waals surface area (Å²) in [4.78, 5) is 17.6. The van der Waals surface area contributed by atoms with Gasteiger partial charge < -0.3 is 14.0 Å². The molecule has 0 aliphatic carbocycles. The van der Waals surface area contributed by atoms with Gasteiger partial charge in [-0.1, -0.05) is 29.5 Å². The normalized spacial score (nSPS) is 13.6. The van der Waals surface area contributed by atoms with Crippen LogP contribution in [0, 0.1) is 0 Å². The summed E-state index contributed by atoms with van der Waals surface area (Å²) in [7, 11) is 0. The number of aryl methyl sites for hydroxylation is 1. The van der Waals surface area contributed by atoms with Crippen LogP contribution in [0.4, 0.5) is 0 Å². The monoisotopic (exact) mass is 372 g/mol. The van der Waals surface area contributed by atoms with Crippen molar-refractivity contribution >= 4 is 39.2 Å². The number of hydrogen-bond acceptors (Lipinski definition) is 5. The van der Waals surface area contributed by atoms with Crippen LogP contribution in [0.25, 0.3) is 10.2 Å². The van der Waals surface area contributed by atoms with Crippen molar-refractivity contribution in [3.8, 4) is 11.5 Å². The van der Waals surface area contributed by atoms with Gasteiger partial charge in [0.25, 0.3) is 5.91 Å². The van der Waals surface area contributed by atoms with E-state index in [9.17, 15) is 4.79 Å². The van der Waals surface area contributed by atoms with Gasteiger partial charge in [-0.05, 0) is 18.4 Å². The number of hydrogen-bond donors (Lipinski definition) is 0. The fourth-order valence-corrected chi connectivity index (χ4v) is 4.11. The third-order valence-electron chi connectivity index (χ3n) is 3.91. The Morgan fingerprint density at radius 1 is 1.24 bits per heavy atom. The topological polar surface area (TPSA) is 52.8 Å². The molecule has 2 aromatic carbocycles. The maximum absolute atomic E-state index is 12.5. The predicted octanol–water partition coefficient (Wildman–Crippen LogP) is 3.54. The van der Waals surface area contributed by atoms with Crippen LogP contribution < -0.4 is 14.3 Å². The first-order valence-corrected chi connectivity index (χ1v) is 10.0. The van der Waals surface area contributed by atoms with Crippen molar-refractivity contribution in [1.29, 1.82) is 0 Å². The van der Waals surface area contributed by atoms with Gasteiger partial charge in [0.1, 0.15) is 0 Å². The van der Waals surface area contributed by atoms with Crippen LogP contribution in [0.1, 0.15) is 10.4 Å². The van der Waals surface area contributed by atoms with Crippen molar-refractivity contribution < 1.29 is 14.3 Å². The van der Waals surface area contributed by atoms with Crippen LogP contribution in [-0.2, 0) is 6.54 Å². The molecule has 0 atom stereocenters. The van der Waals surface area contributed by atoms with Crippen molar-refractivity contribution in [2.24, 2.45) is 4.99 Å². The van der Waals surface area contributed by atoms with Crippen molar-refractivity contribution in [2.75, 3.05) is 18.8 Å². The molecule has 2 heterocycles. The van der Waals surface area contributed by atoms with Gasteiger partial charge in [0.2, 0.25) is 6.79 Å². The third kappa shape index (κ3) is 3.17. The van der Waals surface area contributed by atoms with Gasteiger partial charge in [-0.25, -0.2) is 0 Å². The van der Waals surface area contributed by atoms with E-state index in [2.05, 4.69) is 15.8 Å². The fourth-order valence-electron chi connectivity index (χ4n) is 2.68. The van der Waals surface area contributed by atoms with E-state index in [0.29, 0.717) is 10.4 Å². The highest BCUT2D eigenvalue weighted by Gasteiger charge is 2.18. The number of thiazole rings is 1. The van der Waals surface area contributed by atoms with E-state index in [1.54, 1.807) is 23.9 Å². The predicted molar refractivity (Wildman–Crippen MR) is 101 cm³/mol. The Hall–Kier alpha value is -2.25. The molecule has 1 amide bonds. The zero-order chi connectivity index (χ0) is 17.2. The first-order valence-electron chi connectivity index (χ1n) is 7.82. The number of carbonyl (C=O) groups excluding carboxylic acids is 1. The van der Waals surface area contributed by atoms with E-state index in [-0.39, 0.29) is 12.7 Å². The van der Waals surface area contributed by atoms with E-state index in [0.717, 1.165) is 34.0 Å². The second-order valence-electron chi connectivity index (χ2n) is 5.49. The Bertz CT molecular complexity index is 993. The summed E-state index contributed by atoms with van der Waals surface area (Å²) < 4.78 is 14.1. The number of amides is 1. The standard InChI is InChI=1S/C18H16N2O3S2/c1-24-8-7-20-13-9-14-15(23-11-22-14)10-16(13)25-18(20)19-17(21)12-5-3-2-4-6-12/h2-6,9-10H,7-8,11H2,1H3. The number of fused-ring (bicyclic) bond motifs is 2.